The molecule has 1 aromatic carbocycles. The number of aromatic nitrogens is 1. The molecule has 2 aromatic rings. The second kappa shape index (κ2) is 6.11. The number of methoxy groups -OCH3 is 1. The highest BCUT2D eigenvalue weighted by Gasteiger charge is 2.49. The van der Waals surface area contributed by atoms with E-state index >= 15 is 0 Å². The smallest absolute Gasteiger partial charge is 0.346 e. The molecule has 1 fully saturated rings. The predicted octanol–water partition coefficient (Wildman–Crippen LogP) is 1.89. The van der Waals surface area contributed by atoms with E-state index in [1.165, 1.54) is 6.21 Å². The van der Waals surface area contributed by atoms with Crippen LogP contribution in [-0.4, -0.2) is 35.3 Å². The number of imide groups is 1. The van der Waals surface area contributed by atoms with E-state index in [2.05, 4.69) is 15.4 Å². The molecule has 7 heteroatoms. The molecule has 1 aromatic heterocycles. The van der Waals surface area contributed by atoms with Crippen molar-refractivity contribution in [2.45, 2.75) is 12.5 Å². The van der Waals surface area contributed by atoms with Crippen molar-refractivity contribution < 1.29 is 14.3 Å². The zero-order valence-corrected chi connectivity index (χ0v) is 13.3. The fourth-order valence-electron chi connectivity index (χ4n) is 2.43. The maximum absolute atomic E-state index is 12.7. The number of benzene rings is 1. The third-order valence-electron chi connectivity index (χ3n) is 3.84. The maximum atomic E-state index is 12.7. The van der Waals surface area contributed by atoms with Crippen molar-refractivity contribution in [2.75, 3.05) is 7.11 Å². The Kier molecular flexibility index (Phi) is 3.99. The lowest BCUT2D eigenvalue weighted by molar-refractivity contribution is -0.131. The molecule has 0 bridgehead atoms. The number of hydrogen-bond acceptors (Lipinski definition) is 5. The molecule has 0 spiro atoms. The lowest BCUT2D eigenvalue weighted by atomic mass is 9.92. The van der Waals surface area contributed by atoms with Crippen LogP contribution in [0.4, 0.5) is 4.79 Å². The number of ether oxygens (including phenoxy) is 1. The Bertz CT molecular complexity index is 789. The van der Waals surface area contributed by atoms with Gasteiger partial charge < -0.3 is 10.1 Å². The Labute approximate surface area is 139 Å². The van der Waals surface area contributed by atoms with E-state index in [0.29, 0.717) is 16.9 Å². The number of nitrogens with zero attached hydrogens (tertiary/aromatic N) is 3. The molecule has 24 heavy (non-hydrogen) atoms. The lowest BCUT2D eigenvalue weighted by Gasteiger charge is -2.21. The highest BCUT2D eigenvalue weighted by molar-refractivity contribution is 6.07. The first kappa shape index (κ1) is 15.7. The van der Waals surface area contributed by atoms with Gasteiger partial charge in [-0.2, -0.15) is 5.10 Å². The van der Waals surface area contributed by atoms with Gasteiger partial charge in [0, 0.05) is 18.0 Å². The molecule has 7 nitrogen and oxygen atoms in total. The third kappa shape index (κ3) is 2.71. The highest BCUT2D eigenvalue weighted by atomic mass is 16.5. The summed E-state index contributed by atoms with van der Waals surface area (Å²) in [5, 5.41) is 7.51. The SMILES string of the molecule is COc1ccc(C2(C)NC(=O)N(N=Cc3cccnc3)C2=O)cc1. The molecular formula is C17H16N4O3. The normalized spacial score (nSPS) is 20.5. The van der Waals surface area contributed by atoms with Gasteiger partial charge in [0.25, 0.3) is 5.91 Å². The summed E-state index contributed by atoms with van der Waals surface area (Å²) in [6.45, 7) is 1.65. The Hall–Kier alpha value is -3.22. The highest BCUT2D eigenvalue weighted by Crippen LogP contribution is 2.30. The Morgan fingerprint density at radius 3 is 2.62 bits per heavy atom. The minimum absolute atomic E-state index is 0.446. The lowest BCUT2D eigenvalue weighted by Crippen LogP contribution is -2.40. The Morgan fingerprint density at radius 1 is 1.25 bits per heavy atom. The van der Waals surface area contributed by atoms with E-state index in [0.717, 1.165) is 5.01 Å². The number of pyridine rings is 1. The van der Waals surface area contributed by atoms with Gasteiger partial charge in [-0.05, 0) is 30.7 Å². The summed E-state index contributed by atoms with van der Waals surface area (Å²) in [6, 6.07) is 9.91. The Morgan fingerprint density at radius 2 is 2.00 bits per heavy atom. The van der Waals surface area contributed by atoms with Crippen molar-refractivity contribution in [1.82, 2.24) is 15.3 Å². The third-order valence-corrected chi connectivity index (χ3v) is 3.84. The van der Waals surface area contributed by atoms with Crippen LogP contribution in [0.1, 0.15) is 18.1 Å². The van der Waals surface area contributed by atoms with Gasteiger partial charge in [0.1, 0.15) is 11.3 Å². The van der Waals surface area contributed by atoms with E-state index < -0.39 is 17.5 Å². The standard InChI is InChI=1S/C17H16N4O3/c1-17(13-5-7-14(24-2)8-6-13)15(22)21(16(23)20-17)19-11-12-4-3-9-18-10-12/h3-11H,1-2H3,(H,20,23). The molecule has 122 valence electrons. The first-order valence-corrected chi connectivity index (χ1v) is 7.30. The number of carbonyl (C=O) groups excluding carboxylic acids is 2. The number of urea groups is 1. The summed E-state index contributed by atoms with van der Waals surface area (Å²) < 4.78 is 5.11. The second-order valence-corrected chi connectivity index (χ2v) is 5.43. The van der Waals surface area contributed by atoms with Crippen molar-refractivity contribution in [3.05, 3.63) is 59.9 Å². The van der Waals surface area contributed by atoms with E-state index in [-0.39, 0.29) is 0 Å². The van der Waals surface area contributed by atoms with Gasteiger partial charge in [0.15, 0.2) is 0 Å². The van der Waals surface area contributed by atoms with E-state index in [1.54, 1.807) is 62.8 Å². The summed E-state index contributed by atoms with van der Waals surface area (Å²) in [5.74, 6) is 0.225. The van der Waals surface area contributed by atoms with E-state index in [1.807, 2.05) is 0 Å². The summed E-state index contributed by atoms with van der Waals surface area (Å²) in [5.41, 5.74) is 0.173. The fraction of sp³-hybridized carbons (Fsp3) is 0.176. The van der Waals surface area contributed by atoms with Crippen molar-refractivity contribution in [2.24, 2.45) is 5.10 Å². The van der Waals surface area contributed by atoms with Crippen LogP contribution in [0.5, 0.6) is 5.75 Å². The number of hydrogen-bond donors (Lipinski definition) is 1. The predicted molar refractivity (Wildman–Crippen MR) is 87.6 cm³/mol. The van der Waals surface area contributed by atoms with Crippen molar-refractivity contribution in [1.29, 1.82) is 0 Å². The number of rotatable bonds is 4. The van der Waals surface area contributed by atoms with Gasteiger partial charge in [-0.25, -0.2) is 4.79 Å². The number of hydrazone groups is 1. The van der Waals surface area contributed by atoms with Gasteiger partial charge in [-0.1, -0.05) is 18.2 Å². The monoisotopic (exact) mass is 324 g/mol. The zero-order chi connectivity index (χ0) is 17.2. The van der Waals surface area contributed by atoms with Crippen molar-refractivity contribution in [3.8, 4) is 5.75 Å². The van der Waals surface area contributed by atoms with Crippen LogP contribution in [-0.2, 0) is 10.3 Å². The molecule has 1 N–H and O–H groups in total. The minimum Gasteiger partial charge on any atom is -0.497 e. The van der Waals surface area contributed by atoms with Gasteiger partial charge in [0.2, 0.25) is 0 Å². The van der Waals surface area contributed by atoms with Crippen LogP contribution in [0.2, 0.25) is 0 Å². The van der Waals surface area contributed by atoms with E-state index in [4.69, 9.17) is 4.74 Å². The number of carbonyl (C=O) groups is 2. The number of nitrogens with one attached hydrogen (secondary N) is 1. The molecule has 0 aliphatic carbocycles. The molecule has 3 amide bonds. The van der Waals surface area contributed by atoms with Crippen molar-refractivity contribution >= 4 is 18.2 Å². The average Bonchev–Trinajstić information content (AvgIpc) is 2.84. The van der Waals surface area contributed by atoms with Gasteiger partial charge in [0.05, 0.1) is 13.3 Å². The first-order chi connectivity index (χ1) is 11.5. The summed E-state index contributed by atoms with van der Waals surface area (Å²) in [4.78, 5) is 28.8. The summed E-state index contributed by atoms with van der Waals surface area (Å²) in [6.07, 6.45) is 4.64. The molecule has 0 radical (unpaired) electrons. The largest absolute Gasteiger partial charge is 0.497 e. The van der Waals surface area contributed by atoms with E-state index in [9.17, 15) is 9.59 Å². The van der Waals surface area contributed by atoms with Crippen molar-refractivity contribution in [3.63, 3.8) is 0 Å². The molecule has 1 aliphatic heterocycles. The van der Waals surface area contributed by atoms with Crippen LogP contribution in [0.25, 0.3) is 0 Å². The minimum atomic E-state index is -1.17. The molecule has 2 heterocycles. The quantitative estimate of drug-likeness (QED) is 0.687. The van der Waals surface area contributed by atoms with Crippen LogP contribution < -0.4 is 10.1 Å². The fourth-order valence-corrected chi connectivity index (χ4v) is 2.43. The second-order valence-electron chi connectivity index (χ2n) is 5.43. The average molecular weight is 324 g/mol. The van der Waals surface area contributed by atoms with Gasteiger partial charge in [-0.3, -0.25) is 9.78 Å². The first-order valence-electron chi connectivity index (χ1n) is 7.30. The van der Waals surface area contributed by atoms with Crippen LogP contribution in [0, 0.1) is 0 Å². The van der Waals surface area contributed by atoms with Gasteiger partial charge in [-0.15, -0.1) is 5.01 Å². The molecular weight excluding hydrogens is 308 g/mol. The summed E-state index contributed by atoms with van der Waals surface area (Å²) >= 11 is 0. The van der Waals surface area contributed by atoms with Crippen LogP contribution in [0.15, 0.2) is 53.9 Å². The molecule has 1 unspecified atom stereocenters. The Balaban J connectivity index is 1.86. The van der Waals surface area contributed by atoms with Gasteiger partial charge >= 0.3 is 6.03 Å². The molecule has 3 rings (SSSR count). The number of amides is 3. The molecule has 1 atom stereocenters. The topological polar surface area (TPSA) is 83.9 Å². The molecule has 1 aliphatic rings. The molecule has 0 saturated carbocycles. The molecule has 1 saturated heterocycles. The zero-order valence-electron chi connectivity index (χ0n) is 13.3. The van der Waals surface area contributed by atoms with Crippen LogP contribution in [0.3, 0.4) is 0 Å². The van der Waals surface area contributed by atoms with Crippen LogP contribution >= 0.6 is 0 Å². The maximum Gasteiger partial charge on any atom is 0.346 e. The summed E-state index contributed by atoms with van der Waals surface area (Å²) in [7, 11) is 1.56.